The summed E-state index contributed by atoms with van der Waals surface area (Å²) in [6.45, 7) is 6.67. The smallest absolute Gasteiger partial charge is 0.226 e. The number of nitrogens with zero attached hydrogens (tertiary/aromatic N) is 4. The Labute approximate surface area is 116 Å². The Kier molecular flexibility index (Phi) is 3.91. The molecule has 2 aromatic heterocycles. The van der Waals surface area contributed by atoms with Crippen LogP contribution < -0.4 is 5.32 Å². The first kappa shape index (κ1) is 14.0. The Balaban J connectivity index is 2.53. The Bertz CT molecular complexity index is 581. The van der Waals surface area contributed by atoms with Crippen LogP contribution in [0.2, 0.25) is 5.28 Å². The van der Waals surface area contributed by atoms with E-state index < -0.39 is 5.54 Å². The normalized spacial score (nSPS) is 12.1. The van der Waals surface area contributed by atoms with Gasteiger partial charge in [-0.15, -0.1) is 0 Å². The Morgan fingerprint density at radius 3 is 2.79 bits per heavy atom. The Hall–Kier alpha value is -1.40. The van der Waals surface area contributed by atoms with E-state index in [-0.39, 0.29) is 11.9 Å². The van der Waals surface area contributed by atoms with E-state index >= 15 is 0 Å². The highest BCUT2D eigenvalue weighted by Crippen LogP contribution is 2.24. The molecule has 19 heavy (non-hydrogen) atoms. The second-order valence-electron chi connectivity index (χ2n) is 5.12. The number of halogens is 1. The number of hydrogen-bond donors (Lipinski definition) is 2. The van der Waals surface area contributed by atoms with Crippen LogP contribution in [0.4, 0.5) is 5.82 Å². The number of imidazole rings is 1. The maximum absolute atomic E-state index is 9.36. The summed E-state index contributed by atoms with van der Waals surface area (Å²) in [5.74, 6) is 0.597. The van der Waals surface area contributed by atoms with Gasteiger partial charge in [0.05, 0.1) is 18.5 Å². The lowest BCUT2D eigenvalue weighted by Gasteiger charge is -2.24. The highest BCUT2D eigenvalue weighted by Gasteiger charge is 2.20. The van der Waals surface area contributed by atoms with Gasteiger partial charge in [-0.2, -0.15) is 9.97 Å². The molecule has 0 unspecified atom stereocenters. The number of fused-ring (bicyclic) bond motifs is 1. The first-order valence-corrected chi connectivity index (χ1v) is 6.62. The lowest BCUT2D eigenvalue weighted by molar-refractivity contribution is 0.234. The number of aliphatic hydroxyl groups excluding tert-OH is 1. The van der Waals surface area contributed by atoms with Crippen molar-refractivity contribution < 1.29 is 5.11 Å². The number of rotatable bonds is 5. The topological polar surface area (TPSA) is 75.9 Å². The molecule has 0 aromatic carbocycles. The molecule has 2 aromatic rings. The van der Waals surface area contributed by atoms with Crippen LogP contribution in [0.5, 0.6) is 0 Å². The van der Waals surface area contributed by atoms with Gasteiger partial charge in [-0.05, 0) is 31.9 Å². The minimum atomic E-state index is -0.494. The predicted octanol–water partition coefficient (Wildman–Crippen LogP) is 2.07. The molecule has 0 saturated carbocycles. The molecule has 0 bridgehead atoms. The van der Waals surface area contributed by atoms with Crippen molar-refractivity contribution in [2.75, 3.05) is 11.9 Å². The van der Waals surface area contributed by atoms with Crippen molar-refractivity contribution >= 4 is 28.6 Å². The lowest BCUT2D eigenvalue weighted by Crippen LogP contribution is -2.35. The molecule has 0 aliphatic heterocycles. The van der Waals surface area contributed by atoms with Gasteiger partial charge in [-0.1, -0.05) is 6.92 Å². The third-order valence-electron chi connectivity index (χ3n) is 2.76. The van der Waals surface area contributed by atoms with Gasteiger partial charge >= 0.3 is 0 Å². The first-order valence-electron chi connectivity index (χ1n) is 6.24. The molecule has 2 rings (SSSR count). The van der Waals surface area contributed by atoms with Crippen LogP contribution in [-0.4, -0.2) is 36.8 Å². The molecule has 6 nitrogen and oxygen atoms in total. The molecular formula is C12H18ClN5O. The number of hydrogen-bond acceptors (Lipinski definition) is 5. The summed E-state index contributed by atoms with van der Waals surface area (Å²) in [5.41, 5.74) is 0.879. The molecule has 0 spiro atoms. The molecule has 104 valence electrons. The van der Waals surface area contributed by atoms with Crippen molar-refractivity contribution in [2.24, 2.45) is 0 Å². The zero-order valence-electron chi connectivity index (χ0n) is 11.3. The van der Waals surface area contributed by atoms with Crippen molar-refractivity contribution in [3.8, 4) is 0 Å². The third-order valence-corrected chi connectivity index (χ3v) is 2.93. The molecule has 0 aliphatic carbocycles. The summed E-state index contributed by atoms with van der Waals surface area (Å²) < 4.78 is 1.99. The predicted molar refractivity (Wildman–Crippen MR) is 75.4 cm³/mol. The molecule has 0 fully saturated rings. The second kappa shape index (κ2) is 5.30. The fourth-order valence-electron chi connectivity index (χ4n) is 1.81. The Morgan fingerprint density at radius 1 is 1.42 bits per heavy atom. The molecule has 0 atom stereocenters. The highest BCUT2D eigenvalue weighted by atomic mass is 35.5. The number of aliphatic hydroxyl groups is 1. The maximum Gasteiger partial charge on any atom is 0.226 e. The van der Waals surface area contributed by atoms with E-state index in [1.165, 1.54) is 0 Å². The van der Waals surface area contributed by atoms with Gasteiger partial charge in [0.25, 0.3) is 0 Å². The van der Waals surface area contributed by atoms with Crippen molar-refractivity contribution in [2.45, 2.75) is 39.3 Å². The van der Waals surface area contributed by atoms with Crippen LogP contribution in [0, 0.1) is 0 Å². The largest absolute Gasteiger partial charge is 0.394 e. The van der Waals surface area contributed by atoms with Crippen LogP contribution in [-0.2, 0) is 6.54 Å². The fraction of sp³-hybridized carbons (Fsp3) is 0.583. The molecule has 0 amide bonds. The third kappa shape index (κ3) is 2.96. The standard InChI is InChI=1S/C12H18ClN5O/c1-4-5-18-7-14-9-8(18)10(16-11(13)15-9)17-12(2,3)6-19/h7,19H,4-6H2,1-3H3,(H,15,16,17). The summed E-state index contributed by atoms with van der Waals surface area (Å²) in [6.07, 6.45) is 2.72. The van der Waals surface area contributed by atoms with Crippen LogP contribution in [0.15, 0.2) is 6.33 Å². The minimum absolute atomic E-state index is 0.0158. The summed E-state index contributed by atoms with van der Waals surface area (Å²) in [6, 6.07) is 0. The van der Waals surface area contributed by atoms with E-state index in [4.69, 9.17) is 11.6 Å². The van der Waals surface area contributed by atoms with E-state index in [1.807, 2.05) is 18.4 Å². The van der Waals surface area contributed by atoms with Gasteiger partial charge in [0.15, 0.2) is 11.5 Å². The monoisotopic (exact) mass is 283 g/mol. The average molecular weight is 284 g/mol. The molecule has 0 saturated heterocycles. The van der Waals surface area contributed by atoms with Crippen molar-refractivity contribution in [1.29, 1.82) is 0 Å². The number of aryl methyl sites for hydroxylation is 1. The van der Waals surface area contributed by atoms with Crippen LogP contribution in [0.1, 0.15) is 27.2 Å². The molecule has 0 radical (unpaired) electrons. The van der Waals surface area contributed by atoms with Gasteiger partial charge in [-0.3, -0.25) is 0 Å². The quantitative estimate of drug-likeness (QED) is 0.822. The average Bonchev–Trinajstić information content (AvgIpc) is 2.72. The molecule has 2 N–H and O–H groups in total. The van der Waals surface area contributed by atoms with Gasteiger partial charge in [0, 0.05) is 6.54 Å². The van der Waals surface area contributed by atoms with Crippen molar-refractivity contribution in [3.05, 3.63) is 11.6 Å². The lowest BCUT2D eigenvalue weighted by atomic mass is 10.1. The number of anilines is 1. The summed E-state index contributed by atoms with van der Waals surface area (Å²) in [5, 5.41) is 12.7. The maximum atomic E-state index is 9.36. The summed E-state index contributed by atoms with van der Waals surface area (Å²) in [7, 11) is 0. The summed E-state index contributed by atoms with van der Waals surface area (Å²) >= 11 is 5.91. The van der Waals surface area contributed by atoms with Gasteiger partial charge in [0.2, 0.25) is 5.28 Å². The number of aromatic nitrogens is 4. The minimum Gasteiger partial charge on any atom is -0.394 e. The van der Waals surface area contributed by atoms with Gasteiger partial charge in [0.1, 0.15) is 5.52 Å². The second-order valence-corrected chi connectivity index (χ2v) is 5.46. The molecular weight excluding hydrogens is 266 g/mol. The van der Waals surface area contributed by atoms with E-state index in [1.54, 1.807) is 6.33 Å². The van der Waals surface area contributed by atoms with E-state index in [2.05, 4.69) is 27.2 Å². The summed E-state index contributed by atoms with van der Waals surface area (Å²) in [4.78, 5) is 12.6. The van der Waals surface area contributed by atoms with Gasteiger partial charge < -0.3 is 15.0 Å². The van der Waals surface area contributed by atoms with Crippen LogP contribution in [0.3, 0.4) is 0 Å². The van der Waals surface area contributed by atoms with Crippen molar-refractivity contribution in [1.82, 2.24) is 19.5 Å². The molecule has 0 aliphatic rings. The molecule has 7 heteroatoms. The zero-order chi connectivity index (χ0) is 14.0. The van der Waals surface area contributed by atoms with Crippen LogP contribution in [0.25, 0.3) is 11.2 Å². The zero-order valence-corrected chi connectivity index (χ0v) is 12.1. The first-order chi connectivity index (χ1) is 8.96. The van der Waals surface area contributed by atoms with E-state index in [9.17, 15) is 5.11 Å². The Morgan fingerprint density at radius 2 is 2.16 bits per heavy atom. The number of nitrogens with one attached hydrogen (secondary N) is 1. The SMILES string of the molecule is CCCn1cnc2nc(Cl)nc(NC(C)(C)CO)c21. The van der Waals surface area contributed by atoms with Gasteiger partial charge in [-0.25, -0.2) is 4.98 Å². The molecule has 2 heterocycles. The highest BCUT2D eigenvalue weighted by molar-refractivity contribution is 6.28. The van der Waals surface area contributed by atoms with E-state index in [0.717, 1.165) is 18.5 Å². The fourth-order valence-corrected chi connectivity index (χ4v) is 1.98. The van der Waals surface area contributed by atoms with Crippen molar-refractivity contribution in [3.63, 3.8) is 0 Å². The van der Waals surface area contributed by atoms with E-state index in [0.29, 0.717) is 11.5 Å². The van der Waals surface area contributed by atoms with Crippen LogP contribution >= 0.6 is 11.6 Å².